The van der Waals surface area contributed by atoms with Gasteiger partial charge in [-0.05, 0) is 18.8 Å². The second-order valence-electron chi connectivity index (χ2n) is 4.16. The molecule has 1 saturated carbocycles. The van der Waals surface area contributed by atoms with Crippen LogP contribution in [0, 0.1) is 5.92 Å². The molecule has 1 aliphatic carbocycles. The van der Waals surface area contributed by atoms with Crippen LogP contribution in [-0.4, -0.2) is 49.7 Å². The molecule has 0 aromatic rings. The number of rotatable bonds is 3. The molecule has 1 aliphatic heterocycles. The monoisotopic (exact) mass is 219 g/mol. The molecule has 1 heterocycles. The van der Waals surface area contributed by atoms with Crippen LogP contribution in [0.1, 0.15) is 12.8 Å². The Morgan fingerprint density at radius 1 is 1.14 bits per heavy atom. The van der Waals surface area contributed by atoms with E-state index in [0.717, 1.165) is 12.8 Å². The number of nitrogens with two attached hydrogens (primary N) is 1. The van der Waals surface area contributed by atoms with Gasteiger partial charge in [0.05, 0.1) is 5.75 Å². The SMILES string of the molecule is NN1CCN(S(=O)(=O)CC2CC2)CC1. The highest BCUT2D eigenvalue weighted by molar-refractivity contribution is 7.89. The lowest BCUT2D eigenvalue weighted by molar-refractivity contribution is 0.192. The molecular weight excluding hydrogens is 202 g/mol. The fourth-order valence-corrected chi connectivity index (χ4v) is 3.53. The minimum Gasteiger partial charge on any atom is -0.269 e. The number of hydrogen-bond acceptors (Lipinski definition) is 4. The molecule has 0 radical (unpaired) electrons. The summed E-state index contributed by atoms with van der Waals surface area (Å²) in [5.74, 6) is 6.34. The molecule has 0 aromatic carbocycles. The van der Waals surface area contributed by atoms with Crippen molar-refractivity contribution in [2.75, 3.05) is 31.9 Å². The summed E-state index contributed by atoms with van der Waals surface area (Å²) in [6.07, 6.45) is 2.16. The fourth-order valence-electron chi connectivity index (χ4n) is 1.67. The van der Waals surface area contributed by atoms with Crippen molar-refractivity contribution >= 4 is 10.0 Å². The van der Waals surface area contributed by atoms with Crippen LogP contribution >= 0.6 is 0 Å². The molecule has 2 aliphatic rings. The molecule has 0 bridgehead atoms. The molecule has 14 heavy (non-hydrogen) atoms. The lowest BCUT2D eigenvalue weighted by atomic mass is 10.4. The summed E-state index contributed by atoms with van der Waals surface area (Å²) in [6, 6.07) is 0. The lowest BCUT2D eigenvalue weighted by Crippen LogP contribution is -2.51. The Balaban J connectivity index is 1.92. The first-order valence-corrected chi connectivity index (χ1v) is 6.66. The van der Waals surface area contributed by atoms with E-state index < -0.39 is 10.0 Å². The van der Waals surface area contributed by atoms with Crippen molar-refractivity contribution in [3.8, 4) is 0 Å². The summed E-state index contributed by atoms with van der Waals surface area (Å²) < 4.78 is 25.2. The maximum atomic E-state index is 11.8. The Bertz CT molecular complexity index is 292. The van der Waals surface area contributed by atoms with Crippen molar-refractivity contribution in [3.63, 3.8) is 0 Å². The Morgan fingerprint density at radius 2 is 1.71 bits per heavy atom. The van der Waals surface area contributed by atoms with Gasteiger partial charge in [-0.15, -0.1) is 0 Å². The second kappa shape index (κ2) is 3.77. The summed E-state index contributed by atoms with van der Waals surface area (Å²) in [5.41, 5.74) is 0. The van der Waals surface area contributed by atoms with Crippen LogP contribution in [0.15, 0.2) is 0 Å². The van der Waals surface area contributed by atoms with Gasteiger partial charge in [0.15, 0.2) is 0 Å². The Morgan fingerprint density at radius 3 is 2.21 bits per heavy atom. The van der Waals surface area contributed by atoms with Crippen molar-refractivity contribution in [3.05, 3.63) is 0 Å². The third-order valence-electron chi connectivity index (χ3n) is 2.81. The highest BCUT2D eigenvalue weighted by Gasteiger charge is 2.33. The molecule has 0 amide bonds. The van der Waals surface area contributed by atoms with Crippen molar-refractivity contribution in [1.29, 1.82) is 0 Å². The first-order chi connectivity index (χ1) is 6.58. The van der Waals surface area contributed by atoms with Gasteiger partial charge in [-0.2, -0.15) is 4.31 Å². The zero-order valence-electron chi connectivity index (χ0n) is 8.22. The zero-order valence-corrected chi connectivity index (χ0v) is 9.04. The molecule has 0 unspecified atom stereocenters. The van der Waals surface area contributed by atoms with Crippen molar-refractivity contribution < 1.29 is 8.42 Å². The van der Waals surface area contributed by atoms with E-state index >= 15 is 0 Å². The molecule has 2 rings (SSSR count). The smallest absolute Gasteiger partial charge is 0.214 e. The van der Waals surface area contributed by atoms with E-state index in [-0.39, 0.29) is 0 Å². The van der Waals surface area contributed by atoms with Crippen molar-refractivity contribution in [2.45, 2.75) is 12.8 Å². The maximum Gasteiger partial charge on any atom is 0.214 e. The van der Waals surface area contributed by atoms with E-state index in [1.807, 2.05) is 0 Å². The summed E-state index contributed by atoms with van der Waals surface area (Å²) in [6.45, 7) is 2.38. The van der Waals surface area contributed by atoms with E-state index in [4.69, 9.17) is 5.84 Å². The quantitative estimate of drug-likeness (QED) is 0.632. The van der Waals surface area contributed by atoms with Crippen LogP contribution in [0.4, 0.5) is 0 Å². The molecule has 82 valence electrons. The maximum absolute atomic E-state index is 11.8. The molecule has 0 aromatic heterocycles. The van der Waals surface area contributed by atoms with Gasteiger partial charge in [0.25, 0.3) is 0 Å². The predicted octanol–water partition coefficient (Wildman–Crippen LogP) is -0.782. The van der Waals surface area contributed by atoms with Gasteiger partial charge in [-0.1, -0.05) is 0 Å². The fraction of sp³-hybridized carbons (Fsp3) is 1.00. The van der Waals surface area contributed by atoms with Crippen molar-refractivity contribution in [1.82, 2.24) is 9.31 Å². The lowest BCUT2D eigenvalue weighted by Gasteiger charge is -2.31. The van der Waals surface area contributed by atoms with E-state index in [1.165, 1.54) is 0 Å². The third kappa shape index (κ3) is 2.44. The van der Waals surface area contributed by atoms with Crippen LogP contribution in [0.3, 0.4) is 0 Å². The van der Waals surface area contributed by atoms with Crippen LogP contribution in [0.2, 0.25) is 0 Å². The zero-order chi connectivity index (χ0) is 10.2. The first-order valence-electron chi connectivity index (χ1n) is 5.05. The number of piperazine rings is 1. The second-order valence-corrected chi connectivity index (χ2v) is 6.17. The third-order valence-corrected chi connectivity index (χ3v) is 4.85. The van der Waals surface area contributed by atoms with Crippen LogP contribution in [-0.2, 0) is 10.0 Å². The highest BCUT2D eigenvalue weighted by atomic mass is 32.2. The number of hydrazine groups is 1. The molecule has 1 saturated heterocycles. The highest BCUT2D eigenvalue weighted by Crippen LogP contribution is 2.31. The van der Waals surface area contributed by atoms with Gasteiger partial charge in [0.2, 0.25) is 10.0 Å². The molecule has 2 N–H and O–H groups in total. The van der Waals surface area contributed by atoms with Crippen LogP contribution < -0.4 is 5.84 Å². The summed E-state index contributed by atoms with van der Waals surface area (Å²) in [5, 5.41) is 1.67. The van der Waals surface area contributed by atoms with Gasteiger partial charge in [-0.25, -0.2) is 13.4 Å². The summed E-state index contributed by atoms with van der Waals surface area (Å²) >= 11 is 0. The molecule has 0 atom stereocenters. The average Bonchev–Trinajstić information content (AvgIpc) is 2.88. The van der Waals surface area contributed by atoms with Gasteiger partial charge in [-0.3, -0.25) is 5.84 Å². The molecule has 6 heteroatoms. The molecule has 2 fully saturated rings. The Hall–Kier alpha value is -0.170. The van der Waals surface area contributed by atoms with Crippen molar-refractivity contribution in [2.24, 2.45) is 11.8 Å². The van der Waals surface area contributed by atoms with Gasteiger partial charge >= 0.3 is 0 Å². The normalized spacial score (nSPS) is 26.6. The van der Waals surface area contributed by atoms with E-state index in [1.54, 1.807) is 9.31 Å². The number of nitrogens with zero attached hydrogens (tertiary/aromatic N) is 2. The molecular formula is C8H17N3O2S. The Labute approximate surface area is 84.9 Å². The van der Waals surface area contributed by atoms with E-state index in [9.17, 15) is 8.42 Å². The van der Waals surface area contributed by atoms with Gasteiger partial charge < -0.3 is 0 Å². The van der Waals surface area contributed by atoms with E-state index in [2.05, 4.69) is 0 Å². The molecule has 0 spiro atoms. The number of sulfonamides is 1. The standard InChI is InChI=1S/C8H17N3O2S/c9-10-3-5-11(6-4-10)14(12,13)7-8-1-2-8/h8H,1-7,9H2. The summed E-state index contributed by atoms with van der Waals surface area (Å²) in [4.78, 5) is 0. The Kier molecular flexibility index (Phi) is 2.79. The van der Waals surface area contributed by atoms with Crippen LogP contribution in [0.25, 0.3) is 0 Å². The van der Waals surface area contributed by atoms with Gasteiger partial charge in [0.1, 0.15) is 0 Å². The van der Waals surface area contributed by atoms with E-state index in [0.29, 0.717) is 37.8 Å². The minimum atomic E-state index is -2.99. The minimum absolute atomic E-state index is 0.345. The first kappa shape index (κ1) is 10.4. The summed E-state index contributed by atoms with van der Waals surface area (Å²) in [7, 11) is -2.99. The van der Waals surface area contributed by atoms with Gasteiger partial charge in [0, 0.05) is 26.2 Å². The van der Waals surface area contributed by atoms with Crippen LogP contribution in [0.5, 0.6) is 0 Å². The molecule has 5 nitrogen and oxygen atoms in total. The largest absolute Gasteiger partial charge is 0.269 e. The number of hydrogen-bond donors (Lipinski definition) is 1. The predicted molar refractivity (Wildman–Crippen MR) is 53.8 cm³/mol. The average molecular weight is 219 g/mol. The topological polar surface area (TPSA) is 66.6 Å².